The minimum Gasteiger partial charge on any atom is -0.341 e. The van der Waals surface area contributed by atoms with E-state index >= 15 is 0 Å². The van der Waals surface area contributed by atoms with Gasteiger partial charge in [-0.2, -0.15) is 0 Å². The molecule has 1 amide bonds. The van der Waals surface area contributed by atoms with Crippen LogP contribution in [-0.4, -0.2) is 35.9 Å². The standard InChI is InChI=1S/C20H23N3O3/c1-21-20(15-16-7-3-2-4-8-16,19(24)22-13-5-6-14-22)17-9-11-18(12-10-17)23(25)26/h2-4,7-12,21H,5-6,13-15H2,1H3/t20-/m1/s1. The molecular weight excluding hydrogens is 330 g/mol. The molecule has 0 radical (unpaired) electrons. The van der Waals surface area contributed by atoms with Crippen LogP contribution in [0.3, 0.4) is 0 Å². The molecule has 1 aliphatic rings. The van der Waals surface area contributed by atoms with Crippen LogP contribution < -0.4 is 5.32 Å². The summed E-state index contributed by atoms with van der Waals surface area (Å²) in [6.07, 6.45) is 2.51. The zero-order valence-corrected chi connectivity index (χ0v) is 14.9. The molecule has 0 unspecified atom stereocenters. The van der Waals surface area contributed by atoms with Crippen molar-refractivity contribution in [1.82, 2.24) is 10.2 Å². The quantitative estimate of drug-likeness (QED) is 0.640. The van der Waals surface area contributed by atoms with Crippen LogP contribution in [0.25, 0.3) is 0 Å². The van der Waals surface area contributed by atoms with Gasteiger partial charge in [-0.1, -0.05) is 30.3 Å². The summed E-state index contributed by atoms with van der Waals surface area (Å²) in [5.41, 5.74) is 0.854. The van der Waals surface area contributed by atoms with Crippen molar-refractivity contribution in [3.63, 3.8) is 0 Å². The zero-order chi connectivity index (χ0) is 18.6. The minimum absolute atomic E-state index is 0.0204. The largest absolute Gasteiger partial charge is 0.341 e. The molecule has 26 heavy (non-hydrogen) atoms. The maximum Gasteiger partial charge on any atom is 0.269 e. The molecule has 6 heteroatoms. The highest BCUT2D eigenvalue weighted by Crippen LogP contribution is 2.31. The van der Waals surface area contributed by atoms with Gasteiger partial charge in [-0.15, -0.1) is 0 Å². The zero-order valence-electron chi connectivity index (χ0n) is 14.9. The summed E-state index contributed by atoms with van der Waals surface area (Å²) in [6.45, 7) is 1.51. The molecule has 6 nitrogen and oxygen atoms in total. The van der Waals surface area contributed by atoms with E-state index < -0.39 is 10.5 Å². The summed E-state index contributed by atoms with van der Waals surface area (Å²) in [5.74, 6) is 0.0233. The summed E-state index contributed by atoms with van der Waals surface area (Å²) in [6, 6.07) is 16.1. The molecule has 1 fully saturated rings. The third-order valence-corrected chi connectivity index (χ3v) is 5.07. The highest BCUT2D eigenvalue weighted by molar-refractivity contribution is 5.88. The van der Waals surface area contributed by atoms with Crippen molar-refractivity contribution in [2.75, 3.05) is 20.1 Å². The van der Waals surface area contributed by atoms with E-state index in [0.29, 0.717) is 6.42 Å². The van der Waals surface area contributed by atoms with Gasteiger partial charge in [0.05, 0.1) is 4.92 Å². The molecule has 0 saturated carbocycles. The summed E-state index contributed by atoms with van der Waals surface area (Å²) in [7, 11) is 1.78. The van der Waals surface area contributed by atoms with E-state index in [9.17, 15) is 14.9 Å². The topological polar surface area (TPSA) is 75.5 Å². The van der Waals surface area contributed by atoms with Gasteiger partial charge in [-0.25, -0.2) is 0 Å². The van der Waals surface area contributed by atoms with Crippen LogP contribution >= 0.6 is 0 Å². The predicted molar refractivity (Wildman–Crippen MR) is 99.8 cm³/mol. The van der Waals surface area contributed by atoms with Crippen molar-refractivity contribution in [3.05, 3.63) is 75.8 Å². The predicted octanol–water partition coefficient (Wildman–Crippen LogP) is 2.87. The number of hydrogen-bond acceptors (Lipinski definition) is 4. The Morgan fingerprint density at radius 2 is 1.73 bits per heavy atom. The Morgan fingerprint density at radius 3 is 2.27 bits per heavy atom. The van der Waals surface area contributed by atoms with Crippen molar-refractivity contribution < 1.29 is 9.72 Å². The lowest BCUT2D eigenvalue weighted by molar-refractivity contribution is -0.384. The molecule has 2 aromatic rings. The van der Waals surface area contributed by atoms with E-state index in [0.717, 1.165) is 37.1 Å². The highest BCUT2D eigenvalue weighted by Gasteiger charge is 2.42. The van der Waals surface area contributed by atoms with Crippen molar-refractivity contribution in [3.8, 4) is 0 Å². The monoisotopic (exact) mass is 353 g/mol. The fraction of sp³-hybridized carbons (Fsp3) is 0.350. The van der Waals surface area contributed by atoms with Crippen LogP contribution in [-0.2, 0) is 16.8 Å². The first-order chi connectivity index (χ1) is 12.6. The molecule has 2 aromatic carbocycles. The van der Waals surface area contributed by atoms with Crippen LogP contribution in [0.4, 0.5) is 5.69 Å². The average Bonchev–Trinajstić information content (AvgIpc) is 3.21. The molecular formula is C20H23N3O3. The average molecular weight is 353 g/mol. The van der Waals surface area contributed by atoms with E-state index in [-0.39, 0.29) is 11.6 Å². The highest BCUT2D eigenvalue weighted by atomic mass is 16.6. The SMILES string of the molecule is CN[C@@](Cc1ccccc1)(C(=O)N1CCCC1)c1ccc([N+](=O)[O-])cc1. The molecule has 0 aliphatic carbocycles. The van der Waals surface area contributed by atoms with Gasteiger partial charge in [0.15, 0.2) is 0 Å². The Bertz CT molecular complexity index is 771. The Labute approximate surface area is 153 Å². The van der Waals surface area contributed by atoms with Crippen molar-refractivity contribution in [2.24, 2.45) is 0 Å². The second-order valence-electron chi connectivity index (χ2n) is 6.62. The van der Waals surface area contributed by atoms with Gasteiger partial charge in [-0.3, -0.25) is 14.9 Å². The summed E-state index contributed by atoms with van der Waals surface area (Å²) < 4.78 is 0. The number of non-ortho nitro benzene ring substituents is 1. The number of carbonyl (C=O) groups excluding carboxylic acids is 1. The molecule has 1 atom stereocenters. The van der Waals surface area contributed by atoms with Gasteiger partial charge in [0.25, 0.3) is 5.69 Å². The van der Waals surface area contributed by atoms with Gasteiger partial charge in [0.1, 0.15) is 5.54 Å². The van der Waals surface area contributed by atoms with Crippen molar-refractivity contribution in [1.29, 1.82) is 0 Å². The summed E-state index contributed by atoms with van der Waals surface area (Å²) in [4.78, 5) is 25.9. The van der Waals surface area contributed by atoms with Crippen LogP contribution in [0, 0.1) is 10.1 Å². The van der Waals surface area contributed by atoms with E-state index in [1.54, 1.807) is 19.2 Å². The normalized spacial score (nSPS) is 16.3. The Hall–Kier alpha value is -2.73. The molecule has 1 saturated heterocycles. The number of nitro groups is 1. The van der Waals surface area contributed by atoms with Gasteiger partial charge in [0, 0.05) is 31.6 Å². The molecule has 1 heterocycles. The second-order valence-corrected chi connectivity index (χ2v) is 6.62. The summed E-state index contributed by atoms with van der Waals surface area (Å²) in [5, 5.41) is 14.2. The first kappa shape index (κ1) is 18.1. The third kappa shape index (κ3) is 3.46. The molecule has 1 aliphatic heterocycles. The lowest BCUT2D eigenvalue weighted by Crippen LogP contribution is -2.55. The fourth-order valence-corrected chi connectivity index (χ4v) is 3.60. The first-order valence-corrected chi connectivity index (χ1v) is 8.84. The lowest BCUT2D eigenvalue weighted by Gasteiger charge is -2.36. The van der Waals surface area contributed by atoms with Gasteiger partial charge < -0.3 is 10.2 Å². The molecule has 1 N–H and O–H groups in total. The van der Waals surface area contributed by atoms with Gasteiger partial charge >= 0.3 is 0 Å². The summed E-state index contributed by atoms with van der Waals surface area (Å²) >= 11 is 0. The Balaban J connectivity index is 2.03. The molecule has 0 spiro atoms. The van der Waals surface area contributed by atoms with Crippen molar-refractivity contribution in [2.45, 2.75) is 24.8 Å². The second kappa shape index (κ2) is 7.66. The number of nitro benzene ring substituents is 1. The van der Waals surface area contributed by atoms with E-state index in [2.05, 4.69) is 5.32 Å². The van der Waals surface area contributed by atoms with Crippen LogP contribution in [0.5, 0.6) is 0 Å². The number of nitrogens with zero attached hydrogens (tertiary/aromatic N) is 2. The first-order valence-electron chi connectivity index (χ1n) is 8.84. The third-order valence-electron chi connectivity index (χ3n) is 5.07. The maximum absolute atomic E-state index is 13.5. The van der Waals surface area contributed by atoms with Crippen LogP contribution in [0.15, 0.2) is 54.6 Å². The number of nitrogens with one attached hydrogen (secondary N) is 1. The molecule has 3 rings (SSSR count). The fourth-order valence-electron chi connectivity index (χ4n) is 3.60. The molecule has 0 aromatic heterocycles. The number of hydrogen-bond donors (Lipinski definition) is 1. The van der Waals surface area contributed by atoms with Crippen molar-refractivity contribution >= 4 is 11.6 Å². The maximum atomic E-state index is 13.5. The molecule has 136 valence electrons. The van der Waals surface area contributed by atoms with E-state index in [1.807, 2.05) is 35.2 Å². The van der Waals surface area contributed by atoms with E-state index in [1.165, 1.54) is 12.1 Å². The molecule has 0 bridgehead atoms. The number of carbonyl (C=O) groups is 1. The number of amides is 1. The minimum atomic E-state index is -0.944. The number of benzene rings is 2. The Kier molecular flexibility index (Phi) is 5.32. The number of likely N-dealkylation sites (tertiary alicyclic amines) is 1. The van der Waals surface area contributed by atoms with Gasteiger partial charge in [0.2, 0.25) is 5.91 Å². The van der Waals surface area contributed by atoms with Crippen LogP contribution in [0.1, 0.15) is 24.0 Å². The smallest absolute Gasteiger partial charge is 0.269 e. The van der Waals surface area contributed by atoms with Gasteiger partial charge in [-0.05, 0) is 43.1 Å². The lowest BCUT2D eigenvalue weighted by atomic mass is 9.82. The Morgan fingerprint density at radius 1 is 1.12 bits per heavy atom. The van der Waals surface area contributed by atoms with Crippen LogP contribution in [0.2, 0.25) is 0 Å². The number of likely N-dealkylation sites (N-methyl/N-ethyl adjacent to an activating group) is 1. The van der Waals surface area contributed by atoms with E-state index in [4.69, 9.17) is 0 Å². The number of rotatable bonds is 6.